The smallest absolute Gasteiger partial charge is 0.258 e. The van der Waals surface area contributed by atoms with Crippen LogP contribution < -0.4 is 15.8 Å². The molecular weight excluding hydrogens is 216 g/mol. The Bertz CT molecular complexity index is 366. The van der Waals surface area contributed by atoms with E-state index in [2.05, 4.69) is 12.2 Å². The van der Waals surface area contributed by atoms with Crippen molar-refractivity contribution in [3.63, 3.8) is 0 Å². The Hall–Kier alpha value is -1.55. The summed E-state index contributed by atoms with van der Waals surface area (Å²) in [5.74, 6) is 0.260. The van der Waals surface area contributed by atoms with Gasteiger partial charge in [0.15, 0.2) is 6.10 Å². The van der Waals surface area contributed by atoms with E-state index < -0.39 is 12.0 Å². The van der Waals surface area contributed by atoms with Gasteiger partial charge >= 0.3 is 0 Å². The molecule has 4 nitrogen and oxygen atoms in total. The van der Waals surface area contributed by atoms with Gasteiger partial charge < -0.3 is 15.8 Å². The predicted octanol–water partition coefficient (Wildman–Crippen LogP) is 1.44. The first-order valence-electron chi connectivity index (χ1n) is 5.93. The van der Waals surface area contributed by atoms with Crippen LogP contribution in [-0.4, -0.2) is 18.6 Å². The summed E-state index contributed by atoms with van der Waals surface area (Å²) in [5.41, 5.74) is 6.37. The molecule has 0 fully saturated rings. The highest BCUT2D eigenvalue weighted by Gasteiger charge is 2.14. The van der Waals surface area contributed by atoms with Crippen LogP contribution in [0.1, 0.15) is 25.8 Å². The third-order valence-electron chi connectivity index (χ3n) is 2.44. The minimum Gasteiger partial charge on any atom is -0.481 e. The molecule has 3 N–H and O–H groups in total. The van der Waals surface area contributed by atoms with E-state index in [9.17, 15) is 4.79 Å². The maximum absolute atomic E-state index is 11.1. The van der Waals surface area contributed by atoms with Gasteiger partial charge in [0.1, 0.15) is 5.75 Å². The number of carbonyl (C=O) groups excluding carboxylic acids is 1. The second kappa shape index (κ2) is 6.91. The van der Waals surface area contributed by atoms with E-state index in [-0.39, 0.29) is 0 Å². The zero-order valence-corrected chi connectivity index (χ0v) is 10.4. The van der Waals surface area contributed by atoms with Crippen molar-refractivity contribution in [1.82, 2.24) is 5.32 Å². The van der Waals surface area contributed by atoms with Crippen molar-refractivity contribution >= 4 is 5.91 Å². The van der Waals surface area contributed by atoms with E-state index in [1.54, 1.807) is 0 Å². The van der Waals surface area contributed by atoms with E-state index in [0.717, 1.165) is 18.7 Å². The number of primary amides is 1. The number of hydrogen-bond donors (Lipinski definition) is 2. The fourth-order valence-corrected chi connectivity index (χ4v) is 1.50. The number of nitrogens with two attached hydrogens (primary N) is 1. The molecule has 0 bridgehead atoms. The molecule has 0 saturated heterocycles. The van der Waals surface area contributed by atoms with Crippen LogP contribution >= 0.6 is 0 Å². The summed E-state index contributed by atoms with van der Waals surface area (Å²) >= 11 is 0. The SMILES string of the molecule is CCNCc1cccc(OC(CC)C(N)=O)c1. The summed E-state index contributed by atoms with van der Waals surface area (Å²) in [6.45, 7) is 5.64. The van der Waals surface area contributed by atoms with Gasteiger partial charge in [-0.2, -0.15) is 0 Å². The summed E-state index contributed by atoms with van der Waals surface area (Å²) in [6.07, 6.45) is 0.0247. The van der Waals surface area contributed by atoms with Gasteiger partial charge in [-0.05, 0) is 30.7 Å². The van der Waals surface area contributed by atoms with Crippen LogP contribution in [0.4, 0.5) is 0 Å². The highest BCUT2D eigenvalue weighted by molar-refractivity contribution is 5.79. The van der Waals surface area contributed by atoms with Gasteiger partial charge in [0.05, 0.1) is 0 Å². The molecule has 1 aromatic rings. The molecule has 94 valence electrons. The lowest BCUT2D eigenvalue weighted by atomic mass is 10.2. The second-order valence-electron chi connectivity index (χ2n) is 3.84. The van der Waals surface area contributed by atoms with E-state index in [1.165, 1.54) is 0 Å². The van der Waals surface area contributed by atoms with Crippen molar-refractivity contribution < 1.29 is 9.53 Å². The summed E-state index contributed by atoms with van der Waals surface area (Å²) < 4.78 is 5.54. The number of amides is 1. The second-order valence-corrected chi connectivity index (χ2v) is 3.84. The molecule has 0 aromatic heterocycles. The third-order valence-corrected chi connectivity index (χ3v) is 2.44. The molecule has 1 aromatic carbocycles. The van der Waals surface area contributed by atoms with Crippen LogP contribution in [0.15, 0.2) is 24.3 Å². The number of nitrogens with one attached hydrogen (secondary N) is 1. The molecule has 1 amide bonds. The monoisotopic (exact) mass is 236 g/mol. The summed E-state index contributed by atoms with van der Waals surface area (Å²) in [4.78, 5) is 11.1. The van der Waals surface area contributed by atoms with Gasteiger partial charge in [-0.25, -0.2) is 0 Å². The van der Waals surface area contributed by atoms with E-state index in [1.807, 2.05) is 31.2 Å². The normalized spacial score (nSPS) is 12.1. The lowest BCUT2D eigenvalue weighted by molar-refractivity contribution is -0.124. The Labute approximate surface area is 102 Å². The molecule has 17 heavy (non-hydrogen) atoms. The van der Waals surface area contributed by atoms with Gasteiger partial charge in [-0.15, -0.1) is 0 Å². The number of ether oxygens (including phenoxy) is 1. The van der Waals surface area contributed by atoms with E-state index >= 15 is 0 Å². The maximum Gasteiger partial charge on any atom is 0.258 e. The average Bonchev–Trinajstić information content (AvgIpc) is 2.33. The summed E-state index contributed by atoms with van der Waals surface area (Å²) in [5, 5.41) is 3.23. The largest absolute Gasteiger partial charge is 0.481 e. The molecule has 1 rings (SSSR count). The van der Waals surface area contributed by atoms with Crippen molar-refractivity contribution in [2.75, 3.05) is 6.54 Å². The average molecular weight is 236 g/mol. The topological polar surface area (TPSA) is 64.3 Å². The Morgan fingerprint density at radius 3 is 2.82 bits per heavy atom. The molecule has 1 atom stereocenters. The molecule has 0 aliphatic carbocycles. The van der Waals surface area contributed by atoms with Crippen molar-refractivity contribution in [3.8, 4) is 5.75 Å². The van der Waals surface area contributed by atoms with Gasteiger partial charge in [-0.3, -0.25) is 4.79 Å². The van der Waals surface area contributed by atoms with Crippen molar-refractivity contribution in [3.05, 3.63) is 29.8 Å². The Morgan fingerprint density at radius 1 is 1.47 bits per heavy atom. The summed E-state index contributed by atoms with van der Waals surface area (Å²) in [6, 6.07) is 7.69. The summed E-state index contributed by atoms with van der Waals surface area (Å²) in [7, 11) is 0. The predicted molar refractivity (Wildman–Crippen MR) is 67.7 cm³/mol. The van der Waals surface area contributed by atoms with Crippen molar-refractivity contribution in [2.24, 2.45) is 5.73 Å². The molecule has 4 heteroatoms. The first kappa shape index (κ1) is 13.5. The van der Waals surface area contributed by atoms with Gasteiger partial charge in [0.2, 0.25) is 0 Å². The molecule has 0 aliphatic heterocycles. The highest BCUT2D eigenvalue weighted by Crippen LogP contribution is 2.15. The van der Waals surface area contributed by atoms with Crippen LogP contribution in [0.25, 0.3) is 0 Å². The van der Waals surface area contributed by atoms with E-state index in [0.29, 0.717) is 12.2 Å². The maximum atomic E-state index is 11.1. The minimum absolute atomic E-state index is 0.426. The number of hydrogen-bond acceptors (Lipinski definition) is 3. The van der Waals surface area contributed by atoms with Gasteiger partial charge in [0, 0.05) is 6.54 Å². The van der Waals surface area contributed by atoms with Crippen molar-refractivity contribution in [1.29, 1.82) is 0 Å². The number of carbonyl (C=O) groups is 1. The Morgan fingerprint density at radius 2 is 2.24 bits per heavy atom. The number of rotatable bonds is 7. The molecule has 0 spiro atoms. The molecule has 0 saturated carbocycles. The lowest BCUT2D eigenvalue weighted by Crippen LogP contribution is -2.33. The van der Waals surface area contributed by atoms with Gasteiger partial charge in [0.25, 0.3) is 5.91 Å². The quantitative estimate of drug-likeness (QED) is 0.753. The van der Waals surface area contributed by atoms with Crippen LogP contribution in [0, 0.1) is 0 Å². The standard InChI is InChI=1S/C13H20N2O2/c1-3-12(13(14)16)17-11-7-5-6-10(8-11)9-15-4-2/h5-8,12,15H,3-4,9H2,1-2H3,(H2,14,16). The minimum atomic E-state index is -0.551. The lowest BCUT2D eigenvalue weighted by Gasteiger charge is -2.14. The molecule has 0 heterocycles. The first-order chi connectivity index (χ1) is 8.17. The molecular formula is C13H20N2O2. The van der Waals surface area contributed by atoms with Crippen LogP contribution in [0.5, 0.6) is 5.75 Å². The Balaban J connectivity index is 2.67. The van der Waals surface area contributed by atoms with Crippen LogP contribution in [0.2, 0.25) is 0 Å². The van der Waals surface area contributed by atoms with Crippen LogP contribution in [-0.2, 0) is 11.3 Å². The molecule has 0 radical (unpaired) electrons. The zero-order valence-electron chi connectivity index (χ0n) is 10.4. The fraction of sp³-hybridized carbons (Fsp3) is 0.462. The third kappa shape index (κ3) is 4.44. The first-order valence-corrected chi connectivity index (χ1v) is 5.93. The molecule has 1 unspecified atom stereocenters. The van der Waals surface area contributed by atoms with Crippen molar-refractivity contribution in [2.45, 2.75) is 32.9 Å². The zero-order chi connectivity index (χ0) is 12.7. The van der Waals surface area contributed by atoms with Gasteiger partial charge in [-0.1, -0.05) is 26.0 Å². The highest BCUT2D eigenvalue weighted by atomic mass is 16.5. The molecule has 0 aliphatic rings. The van der Waals surface area contributed by atoms with Crippen LogP contribution in [0.3, 0.4) is 0 Å². The van der Waals surface area contributed by atoms with E-state index in [4.69, 9.17) is 10.5 Å². The number of benzene rings is 1. The fourth-order valence-electron chi connectivity index (χ4n) is 1.50. The Kier molecular flexibility index (Phi) is 5.49.